The van der Waals surface area contributed by atoms with Crippen molar-refractivity contribution in [1.82, 2.24) is 15.0 Å². The highest BCUT2D eigenvalue weighted by atomic mass is 35.5. The summed E-state index contributed by atoms with van der Waals surface area (Å²) < 4.78 is 0. The van der Waals surface area contributed by atoms with Crippen molar-refractivity contribution in [3.8, 4) is 11.4 Å². The van der Waals surface area contributed by atoms with Crippen LogP contribution in [0.5, 0.6) is 0 Å². The van der Waals surface area contributed by atoms with Crippen LogP contribution in [0.4, 0.5) is 0 Å². The summed E-state index contributed by atoms with van der Waals surface area (Å²) in [5.74, 6) is 0.621. The zero-order chi connectivity index (χ0) is 11.7. The predicted octanol–water partition coefficient (Wildman–Crippen LogP) is 3.35. The van der Waals surface area contributed by atoms with Gasteiger partial charge in [0.2, 0.25) is 0 Å². The Morgan fingerprint density at radius 1 is 0.941 bits per heavy atom. The molecule has 0 spiro atoms. The third kappa shape index (κ3) is 1.85. The average Bonchev–Trinajstić information content (AvgIpc) is 2.40. The van der Waals surface area contributed by atoms with E-state index < -0.39 is 0 Å². The molecule has 0 radical (unpaired) electrons. The monoisotopic (exact) mass is 241 g/mol. The number of benzene rings is 1. The van der Waals surface area contributed by atoms with Crippen molar-refractivity contribution in [2.24, 2.45) is 0 Å². The van der Waals surface area contributed by atoms with E-state index in [-0.39, 0.29) is 0 Å². The third-order valence-corrected chi connectivity index (χ3v) is 2.77. The number of pyridine rings is 1. The Bertz CT molecular complexity index is 668. The van der Waals surface area contributed by atoms with Gasteiger partial charge in [0.25, 0.3) is 0 Å². The van der Waals surface area contributed by atoms with Crippen LogP contribution in [-0.4, -0.2) is 15.0 Å². The third-order valence-electron chi connectivity index (χ3n) is 2.48. The first-order valence-electron chi connectivity index (χ1n) is 5.17. The molecule has 0 saturated heterocycles. The number of fused-ring (bicyclic) bond motifs is 1. The van der Waals surface area contributed by atoms with Crippen molar-refractivity contribution in [3.63, 3.8) is 0 Å². The summed E-state index contributed by atoms with van der Waals surface area (Å²) in [6.07, 6.45) is 3.37. The van der Waals surface area contributed by atoms with Crippen LogP contribution in [0.2, 0.25) is 5.15 Å². The lowest BCUT2D eigenvalue weighted by Crippen LogP contribution is -1.92. The van der Waals surface area contributed by atoms with E-state index in [1.54, 1.807) is 12.4 Å². The lowest BCUT2D eigenvalue weighted by atomic mass is 10.2. The Hall–Kier alpha value is -2.00. The van der Waals surface area contributed by atoms with Crippen LogP contribution in [-0.2, 0) is 0 Å². The quantitative estimate of drug-likeness (QED) is 0.614. The van der Waals surface area contributed by atoms with Gasteiger partial charge in [-0.05, 0) is 6.07 Å². The minimum Gasteiger partial charge on any atom is -0.262 e. The second-order valence-electron chi connectivity index (χ2n) is 3.60. The molecule has 0 fully saturated rings. The molecule has 2 aromatic heterocycles. The van der Waals surface area contributed by atoms with Gasteiger partial charge in [0.15, 0.2) is 5.82 Å². The Morgan fingerprint density at radius 2 is 1.76 bits per heavy atom. The molecule has 0 aliphatic heterocycles. The summed E-state index contributed by atoms with van der Waals surface area (Å²) in [6, 6.07) is 11.6. The highest BCUT2D eigenvalue weighted by Crippen LogP contribution is 2.23. The van der Waals surface area contributed by atoms with Crippen LogP contribution in [0, 0.1) is 0 Å². The Kier molecular flexibility index (Phi) is 2.46. The van der Waals surface area contributed by atoms with Gasteiger partial charge in [-0.3, -0.25) is 4.98 Å². The van der Waals surface area contributed by atoms with Crippen LogP contribution in [0.1, 0.15) is 0 Å². The second-order valence-corrected chi connectivity index (χ2v) is 3.95. The molecule has 3 rings (SSSR count). The molecule has 0 saturated carbocycles. The lowest BCUT2D eigenvalue weighted by molar-refractivity contribution is 1.21. The fourth-order valence-corrected chi connectivity index (χ4v) is 1.90. The van der Waals surface area contributed by atoms with Gasteiger partial charge in [-0.2, -0.15) is 0 Å². The summed E-state index contributed by atoms with van der Waals surface area (Å²) >= 11 is 6.13. The van der Waals surface area contributed by atoms with Crippen LogP contribution in [0.3, 0.4) is 0 Å². The summed E-state index contributed by atoms with van der Waals surface area (Å²) in [7, 11) is 0. The SMILES string of the molecule is Clc1nc(-c2ccccc2)nc2cnccc12. The molecule has 4 heteroatoms. The van der Waals surface area contributed by atoms with Gasteiger partial charge in [-0.25, -0.2) is 9.97 Å². The molecule has 82 valence electrons. The molecule has 3 nitrogen and oxygen atoms in total. The molecule has 3 aromatic rings. The fraction of sp³-hybridized carbons (Fsp3) is 0. The summed E-state index contributed by atoms with van der Waals surface area (Å²) in [5.41, 5.74) is 1.70. The number of hydrogen-bond donors (Lipinski definition) is 0. The number of rotatable bonds is 1. The first kappa shape index (κ1) is 10.2. The zero-order valence-corrected chi connectivity index (χ0v) is 9.59. The first-order valence-corrected chi connectivity index (χ1v) is 5.55. The standard InChI is InChI=1S/C13H8ClN3/c14-12-10-6-7-15-8-11(10)16-13(17-12)9-4-2-1-3-5-9/h1-8H. The van der Waals surface area contributed by atoms with E-state index in [9.17, 15) is 0 Å². The van der Waals surface area contributed by atoms with Gasteiger partial charge in [-0.15, -0.1) is 0 Å². The molecular weight excluding hydrogens is 234 g/mol. The molecule has 0 N–H and O–H groups in total. The van der Waals surface area contributed by atoms with E-state index in [0.717, 1.165) is 16.5 Å². The predicted molar refractivity (Wildman–Crippen MR) is 67.8 cm³/mol. The van der Waals surface area contributed by atoms with E-state index in [1.807, 2.05) is 36.4 Å². The van der Waals surface area contributed by atoms with Crippen molar-refractivity contribution >= 4 is 22.5 Å². The molecule has 17 heavy (non-hydrogen) atoms. The smallest absolute Gasteiger partial charge is 0.161 e. The fourth-order valence-electron chi connectivity index (χ4n) is 1.66. The van der Waals surface area contributed by atoms with E-state index in [0.29, 0.717) is 11.0 Å². The van der Waals surface area contributed by atoms with Gasteiger partial charge >= 0.3 is 0 Å². The summed E-state index contributed by atoms with van der Waals surface area (Å²) in [6.45, 7) is 0. The number of halogens is 1. The van der Waals surface area contributed by atoms with Crippen LogP contribution in [0.15, 0.2) is 48.8 Å². The van der Waals surface area contributed by atoms with Crippen LogP contribution < -0.4 is 0 Å². The van der Waals surface area contributed by atoms with Gasteiger partial charge in [0.1, 0.15) is 5.15 Å². The number of aromatic nitrogens is 3. The van der Waals surface area contributed by atoms with E-state index in [1.165, 1.54) is 0 Å². The lowest BCUT2D eigenvalue weighted by Gasteiger charge is -2.03. The van der Waals surface area contributed by atoms with Crippen LogP contribution >= 0.6 is 11.6 Å². The van der Waals surface area contributed by atoms with Crippen LogP contribution in [0.25, 0.3) is 22.3 Å². The van der Waals surface area contributed by atoms with Crippen molar-refractivity contribution in [1.29, 1.82) is 0 Å². The van der Waals surface area contributed by atoms with E-state index in [4.69, 9.17) is 11.6 Å². The van der Waals surface area contributed by atoms with Crippen molar-refractivity contribution in [2.45, 2.75) is 0 Å². The van der Waals surface area contributed by atoms with Crippen molar-refractivity contribution in [3.05, 3.63) is 53.9 Å². The molecule has 0 aliphatic rings. The topological polar surface area (TPSA) is 38.7 Å². The molecular formula is C13H8ClN3. The Morgan fingerprint density at radius 3 is 2.59 bits per heavy atom. The highest BCUT2D eigenvalue weighted by Gasteiger charge is 2.06. The molecule has 2 heterocycles. The normalized spacial score (nSPS) is 10.6. The molecule has 0 unspecified atom stereocenters. The molecule has 0 amide bonds. The molecule has 0 bridgehead atoms. The van der Waals surface area contributed by atoms with E-state index in [2.05, 4.69) is 15.0 Å². The maximum atomic E-state index is 6.13. The minimum atomic E-state index is 0.455. The van der Waals surface area contributed by atoms with Crippen molar-refractivity contribution in [2.75, 3.05) is 0 Å². The molecule has 0 aliphatic carbocycles. The number of hydrogen-bond acceptors (Lipinski definition) is 3. The molecule has 1 aromatic carbocycles. The molecule has 0 atom stereocenters. The van der Waals surface area contributed by atoms with Gasteiger partial charge in [0, 0.05) is 17.1 Å². The maximum absolute atomic E-state index is 6.13. The van der Waals surface area contributed by atoms with E-state index >= 15 is 0 Å². The first-order chi connectivity index (χ1) is 8.34. The Balaban J connectivity index is 2.26. The second kappa shape index (κ2) is 4.11. The maximum Gasteiger partial charge on any atom is 0.161 e. The van der Waals surface area contributed by atoms with Gasteiger partial charge in [0.05, 0.1) is 11.7 Å². The average molecular weight is 242 g/mol. The van der Waals surface area contributed by atoms with Crippen molar-refractivity contribution < 1.29 is 0 Å². The van der Waals surface area contributed by atoms with Gasteiger partial charge < -0.3 is 0 Å². The minimum absolute atomic E-state index is 0.455. The highest BCUT2D eigenvalue weighted by molar-refractivity contribution is 6.34. The Labute approximate surface area is 103 Å². The summed E-state index contributed by atoms with van der Waals surface area (Å²) in [5, 5.41) is 1.28. The zero-order valence-electron chi connectivity index (χ0n) is 8.84. The largest absolute Gasteiger partial charge is 0.262 e. The van der Waals surface area contributed by atoms with Gasteiger partial charge in [-0.1, -0.05) is 41.9 Å². The number of nitrogens with zero attached hydrogens (tertiary/aromatic N) is 3. The summed E-state index contributed by atoms with van der Waals surface area (Å²) in [4.78, 5) is 12.8.